The van der Waals surface area contributed by atoms with E-state index in [9.17, 15) is 0 Å². The van der Waals surface area contributed by atoms with Crippen LogP contribution in [0, 0.1) is 5.41 Å². The van der Waals surface area contributed by atoms with Crippen molar-refractivity contribution < 1.29 is 0 Å². The van der Waals surface area contributed by atoms with Gasteiger partial charge in [0.25, 0.3) is 0 Å². The summed E-state index contributed by atoms with van der Waals surface area (Å²) in [5.74, 6) is 0. The molecule has 0 aliphatic rings. The molecule has 0 spiro atoms. The van der Waals surface area contributed by atoms with Crippen molar-refractivity contribution in [2.24, 2.45) is 10.4 Å². The molecule has 0 heterocycles. The fraction of sp³-hybridized carbons (Fsp3) is 0.700. The smallest absolute Gasteiger partial charge is 0.0413 e. The molecule has 0 amide bonds. The minimum atomic E-state index is 0.183. The average molecular weight is 153 g/mol. The lowest BCUT2D eigenvalue weighted by Gasteiger charge is -2.18. The minimum Gasteiger partial charge on any atom is -0.266 e. The molecule has 0 aliphatic heterocycles. The number of aliphatic imine (C=N–C) groups is 1. The summed E-state index contributed by atoms with van der Waals surface area (Å²) in [6, 6.07) is 0. The lowest BCUT2D eigenvalue weighted by molar-refractivity contribution is 0.496. The number of hydrogen-bond donors (Lipinski definition) is 0. The van der Waals surface area contributed by atoms with Crippen molar-refractivity contribution >= 4 is 6.21 Å². The van der Waals surface area contributed by atoms with E-state index in [0.29, 0.717) is 0 Å². The van der Waals surface area contributed by atoms with Gasteiger partial charge in [-0.15, -0.1) is 0 Å². The van der Waals surface area contributed by atoms with E-state index in [4.69, 9.17) is 0 Å². The SMILES string of the molecule is CC=N/C(=C\CC)C(C)(C)C. The van der Waals surface area contributed by atoms with E-state index in [1.165, 1.54) is 5.70 Å². The van der Waals surface area contributed by atoms with Crippen LogP contribution in [-0.2, 0) is 0 Å². The van der Waals surface area contributed by atoms with Gasteiger partial charge in [0.15, 0.2) is 0 Å². The maximum absolute atomic E-state index is 4.32. The summed E-state index contributed by atoms with van der Waals surface area (Å²) in [5, 5.41) is 0. The molecule has 0 saturated heterocycles. The van der Waals surface area contributed by atoms with Gasteiger partial charge in [0, 0.05) is 17.3 Å². The second kappa shape index (κ2) is 4.32. The van der Waals surface area contributed by atoms with Crippen LogP contribution in [0.4, 0.5) is 0 Å². The van der Waals surface area contributed by atoms with Gasteiger partial charge in [0.2, 0.25) is 0 Å². The average Bonchev–Trinajstić information content (AvgIpc) is 1.85. The maximum atomic E-state index is 4.32. The highest BCUT2D eigenvalue weighted by molar-refractivity contribution is 5.55. The second-order valence-corrected chi connectivity index (χ2v) is 3.63. The van der Waals surface area contributed by atoms with Crippen molar-refractivity contribution in [2.75, 3.05) is 0 Å². The Morgan fingerprint density at radius 2 is 1.91 bits per heavy atom. The molecule has 0 aromatic rings. The van der Waals surface area contributed by atoms with Gasteiger partial charge in [-0.25, -0.2) is 0 Å². The van der Waals surface area contributed by atoms with E-state index in [-0.39, 0.29) is 5.41 Å². The molecule has 0 N–H and O–H groups in total. The lowest BCUT2D eigenvalue weighted by Crippen LogP contribution is -2.07. The summed E-state index contributed by atoms with van der Waals surface area (Å²) < 4.78 is 0. The Hall–Kier alpha value is -0.590. The van der Waals surface area contributed by atoms with Crippen molar-refractivity contribution in [1.29, 1.82) is 0 Å². The first-order valence-corrected chi connectivity index (χ1v) is 4.21. The molecule has 64 valence electrons. The van der Waals surface area contributed by atoms with Crippen molar-refractivity contribution in [2.45, 2.75) is 41.0 Å². The second-order valence-electron chi connectivity index (χ2n) is 3.63. The zero-order valence-corrected chi connectivity index (χ0v) is 8.31. The molecular formula is C10H19N. The number of rotatable bonds is 2. The molecule has 1 nitrogen and oxygen atoms in total. The Morgan fingerprint density at radius 3 is 2.18 bits per heavy atom. The van der Waals surface area contributed by atoms with Crippen molar-refractivity contribution in [3.63, 3.8) is 0 Å². The monoisotopic (exact) mass is 153 g/mol. The Kier molecular flexibility index (Phi) is 4.09. The van der Waals surface area contributed by atoms with Crippen LogP contribution in [0.2, 0.25) is 0 Å². The van der Waals surface area contributed by atoms with Gasteiger partial charge in [-0.3, -0.25) is 4.99 Å². The normalized spacial score (nSPS) is 14.5. The highest BCUT2D eigenvalue weighted by atomic mass is 14.7. The van der Waals surface area contributed by atoms with Crippen LogP contribution < -0.4 is 0 Å². The van der Waals surface area contributed by atoms with Gasteiger partial charge >= 0.3 is 0 Å². The summed E-state index contributed by atoms with van der Waals surface area (Å²) in [6.45, 7) is 10.6. The first-order chi connectivity index (χ1) is 5.02. The predicted molar refractivity (Wildman–Crippen MR) is 52.0 cm³/mol. The first-order valence-electron chi connectivity index (χ1n) is 4.21. The molecule has 1 heteroatoms. The zero-order valence-electron chi connectivity index (χ0n) is 8.31. The summed E-state index contributed by atoms with van der Waals surface area (Å²) in [4.78, 5) is 4.32. The fourth-order valence-electron chi connectivity index (χ4n) is 0.885. The molecule has 0 saturated carbocycles. The van der Waals surface area contributed by atoms with Crippen molar-refractivity contribution in [3.8, 4) is 0 Å². The van der Waals surface area contributed by atoms with Crippen LogP contribution in [0.25, 0.3) is 0 Å². The Morgan fingerprint density at radius 1 is 1.36 bits per heavy atom. The van der Waals surface area contributed by atoms with Crippen molar-refractivity contribution in [1.82, 2.24) is 0 Å². The highest BCUT2D eigenvalue weighted by Crippen LogP contribution is 2.26. The fourth-order valence-corrected chi connectivity index (χ4v) is 0.885. The standard InChI is InChI=1S/C10H19N/c1-6-8-9(11-7-2)10(3,4)5/h7-8H,6H2,1-5H3/b9-8-,11-7?. The van der Waals surface area contributed by atoms with E-state index in [0.717, 1.165) is 6.42 Å². The third kappa shape index (κ3) is 3.97. The molecule has 0 rings (SSSR count). The van der Waals surface area contributed by atoms with Gasteiger partial charge in [0.05, 0.1) is 0 Å². The largest absolute Gasteiger partial charge is 0.266 e. The Labute approximate surface area is 70.2 Å². The van der Waals surface area contributed by atoms with Gasteiger partial charge in [-0.1, -0.05) is 33.8 Å². The first kappa shape index (κ1) is 10.4. The summed E-state index contributed by atoms with van der Waals surface area (Å²) >= 11 is 0. The predicted octanol–water partition coefficient (Wildman–Crippen LogP) is 3.42. The van der Waals surface area contributed by atoms with Gasteiger partial charge in [-0.05, 0) is 13.3 Å². The molecule has 11 heavy (non-hydrogen) atoms. The molecular weight excluding hydrogens is 134 g/mol. The van der Waals surface area contributed by atoms with Gasteiger partial charge < -0.3 is 0 Å². The van der Waals surface area contributed by atoms with Gasteiger partial charge in [-0.2, -0.15) is 0 Å². The molecule has 0 atom stereocenters. The quantitative estimate of drug-likeness (QED) is 0.539. The summed E-state index contributed by atoms with van der Waals surface area (Å²) in [6.07, 6.45) is 5.09. The molecule has 0 aliphatic carbocycles. The van der Waals surface area contributed by atoms with E-state index < -0.39 is 0 Å². The van der Waals surface area contributed by atoms with Crippen LogP contribution in [0.1, 0.15) is 41.0 Å². The Balaban J connectivity index is 4.48. The van der Waals surface area contributed by atoms with Gasteiger partial charge in [0.1, 0.15) is 0 Å². The van der Waals surface area contributed by atoms with Crippen molar-refractivity contribution in [3.05, 3.63) is 11.8 Å². The third-order valence-electron chi connectivity index (χ3n) is 1.43. The van der Waals surface area contributed by atoms with Crippen LogP contribution in [0.15, 0.2) is 16.8 Å². The van der Waals surface area contributed by atoms with Crippen LogP contribution >= 0.6 is 0 Å². The third-order valence-corrected chi connectivity index (χ3v) is 1.43. The number of hydrogen-bond acceptors (Lipinski definition) is 1. The number of allylic oxidation sites excluding steroid dienone is 2. The zero-order chi connectivity index (χ0) is 8.91. The summed E-state index contributed by atoms with van der Waals surface area (Å²) in [7, 11) is 0. The van der Waals surface area contributed by atoms with Crippen LogP contribution in [0.3, 0.4) is 0 Å². The molecule has 0 aromatic carbocycles. The van der Waals surface area contributed by atoms with Crippen LogP contribution in [0.5, 0.6) is 0 Å². The van der Waals surface area contributed by atoms with E-state index in [1.54, 1.807) is 0 Å². The highest BCUT2D eigenvalue weighted by Gasteiger charge is 2.14. The molecule has 0 bridgehead atoms. The van der Waals surface area contributed by atoms with E-state index >= 15 is 0 Å². The molecule has 0 radical (unpaired) electrons. The summed E-state index contributed by atoms with van der Waals surface area (Å²) in [5.41, 5.74) is 1.37. The maximum Gasteiger partial charge on any atom is 0.0413 e. The lowest BCUT2D eigenvalue weighted by atomic mass is 9.91. The van der Waals surface area contributed by atoms with Crippen LogP contribution in [-0.4, -0.2) is 6.21 Å². The van der Waals surface area contributed by atoms with E-state index in [1.807, 2.05) is 13.1 Å². The topological polar surface area (TPSA) is 12.4 Å². The minimum absolute atomic E-state index is 0.183. The molecule has 0 unspecified atom stereocenters. The number of nitrogens with zero attached hydrogens (tertiary/aromatic N) is 1. The molecule has 0 fully saturated rings. The Bertz CT molecular complexity index is 158. The van der Waals surface area contributed by atoms with E-state index in [2.05, 4.69) is 38.8 Å². The molecule has 0 aromatic heterocycles.